The van der Waals surface area contributed by atoms with Gasteiger partial charge in [-0.1, -0.05) is 35.9 Å². The molecule has 0 spiro atoms. The molecule has 152 valence electrons. The lowest BCUT2D eigenvalue weighted by Gasteiger charge is -2.38. The van der Waals surface area contributed by atoms with Crippen LogP contribution < -0.4 is 10.2 Å². The number of ether oxygens (including phenoxy) is 1. The molecule has 0 aromatic heterocycles. The smallest absolute Gasteiger partial charge is 0.352 e. The largest absolute Gasteiger partial charge is 0.477 e. The summed E-state index contributed by atoms with van der Waals surface area (Å²) in [4.78, 5) is 39.5. The van der Waals surface area contributed by atoms with Gasteiger partial charge in [0, 0.05) is 10.9 Å². The number of nitrogens with zero attached hydrogens (tertiary/aromatic N) is 1. The van der Waals surface area contributed by atoms with Crippen LogP contribution in [-0.4, -0.2) is 29.6 Å². The van der Waals surface area contributed by atoms with Crippen LogP contribution in [0.15, 0.2) is 71.6 Å². The maximum atomic E-state index is 13.0. The Morgan fingerprint density at radius 2 is 1.87 bits per heavy atom. The quantitative estimate of drug-likeness (QED) is 0.727. The van der Waals surface area contributed by atoms with Gasteiger partial charge in [-0.3, -0.25) is 9.69 Å². The minimum absolute atomic E-state index is 0.0630. The number of para-hydroxylation sites is 2. The van der Waals surface area contributed by atoms with Crippen molar-refractivity contribution in [2.75, 3.05) is 16.8 Å². The summed E-state index contributed by atoms with van der Waals surface area (Å²) in [7, 11) is 0. The summed E-state index contributed by atoms with van der Waals surface area (Å²) in [6, 6.07) is 13.5. The lowest BCUT2D eigenvalue weighted by Crippen LogP contribution is -2.43. The topological polar surface area (TPSA) is 95.9 Å². The Morgan fingerprint density at radius 1 is 1.17 bits per heavy atom. The van der Waals surface area contributed by atoms with Crippen LogP contribution in [0.1, 0.15) is 18.4 Å². The summed E-state index contributed by atoms with van der Waals surface area (Å²) in [5, 5.41) is 13.2. The van der Waals surface area contributed by atoms with Crippen LogP contribution in [0.5, 0.6) is 0 Å². The average Bonchev–Trinajstić information content (AvgIpc) is 2.73. The number of carbonyl (C=O) groups is 3. The molecule has 30 heavy (non-hydrogen) atoms. The molecule has 1 atom stereocenters. The Kier molecular flexibility index (Phi) is 5.05. The Bertz CT molecular complexity index is 1120. The molecule has 0 fully saturated rings. The Hall–Kier alpha value is -3.58. The van der Waals surface area contributed by atoms with Crippen LogP contribution in [0.3, 0.4) is 0 Å². The number of fused-ring (bicyclic) bond motifs is 3. The second-order valence-electron chi connectivity index (χ2n) is 6.68. The Balaban J connectivity index is 2.00. The van der Waals surface area contributed by atoms with E-state index in [1.54, 1.807) is 55.5 Å². The maximum Gasteiger partial charge on any atom is 0.352 e. The van der Waals surface area contributed by atoms with Crippen molar-refractivity contribution < 1.29 is 24.2 Å². The first-order chi connectivity index (χ1) is 14.4. The van der Waals surface area contributed by atoms with Crippen LogP contribution in [0, 0.1) is 0 Å². The third kappa shape index (κ3) is 3.23. The third-order valence-electron chi connectivity index (χ3n) is 4.91. The van der Waals surface area contributed by atoms with Gasteiger partial charge in [-0.15, -0.1) is 0 Å². The fraction of sp³-hybridized carbons (Fsp3) is 0.136. The van der Waals surface area contributed by atoms with E-state index in [9.17, 15) is 19.5 Å². The molecule has 0 aliphatic carbocycles. The second kappa shape index (κ2) is 7.68. The lowest BCUT2D eigenvalue weighted by molar-refractivity contribution is -0.139. The number of halogens is 1. The number of benzene rings is 2. The number of rotatable bonds is 4. The number of aliphatic carboxylic acids is 1. The van der Waals surface area contributed by atoms with E-state index in [2.05, 4.69) is 5.32 Å². The van der Waals surface area contributed by atoms with E-state index in [0.717, 1.165) is 0 Å². The van der Waals surface area contributed by atoms with Crippen molar-refractivity contribution in [2.45, 2.75) is 12.8 Å². The summed E-state index contributed by atoms with van der Waals surface area (Å²) in [6.07, 6.45) is 1.46. The van der Waals surface area contributed by atoms with E-state index in [1.165, 1.54) is 11.0 Å². The van der Waals surface area contributed by atoms with Crippen molar-refractivity contribution in [3.05, 3.63) is 82.2 Å². The van der Waals surface area contributed by atoms with E-state index in [0.29, 0.717) is 22.0 Å². The van der Waals surface area contributed by atoms with Crippen molar-refractivity contribution in [1.29, 1.82) is 0 Å². The van der Waals surface area contributed by atoms with Crippen molar-refractivity contribution >= 4 is 40.8 Å². The molecule has 0 radical (unpaired) electrons. The van der Waals surface area contributed by atoms with Gasteiger partial charge in [0.05, 0.1) is 23.6 Å². The number of allylic oxidation sites excluding steroid dienone is 1. The number of carbonyl (C=O) groups excluding carboxylic acids is 2. The number of amides is 1. The van der Waals surface area contributed by atoms with Gasteiger partial charge in [0.2, 0.25) is 0 Å². The van der Waals surface area contributed by atoms with Crippen LogP contribution in [-0.2, 0) is 19.1 Å². The monoisotopic (exact) mass is 424 g/mol. The number of anilines is 2. The van der Waals surface area contributed by atoms with Crippen LogP contribution >= 0.6 is 11.6 Å². The van der Waals surface area contributed by atoms with Gasteiger partial charge >= 0.3 is 11.9 Å². The van der Waals surface area contributed by atoms with E-state index < -0.39 is 23.8 Å². The van der Waals surface area contributed by atoms with Crippen LogP contribution in [0.25, 0.3) is 0 Å². The Morgan fingerprint density at radius 3 is 2.53 bits per heavy atom. The minimum Gasteiger partial charge on any atom is -0.477 e. The highest BCUT2D eigenvalue weighted by atomic mass is 35.5. The van der Waals surface area contributed by atoms with Crippen molar-refractivity contribution in [1.82, 2.24) is 0 Å². The molecule has 2 aliphatic heterocycles. The first kappa shape index (κ1) is 19.7. The summed E-state index contributed by atoms with van der Waals surface area (Å²) in [5.74, 6) is -3.29. The van der Waals surface area contributed by atoms with Crippen LogP contribution in [0.2, 0.25) is 5.02 Å². The molecule has 2 aromatic rings. The van der Waals surface area contributed by atoms with E-state index in [-0.39, 0.29) is 23.6 Å². The summed E-state index contributed by atoms with van der Waals surface area (Å²) < 4.78 is 5.23. The van der Waals surface area contributed by atoms with Crippen LogP contribution in [0.4, 0.5) is 11.4 Å². The molecule has 2 heterocycles. The minimum atomic E-state index is -1.22. The molecule has 0 saturated heterocycles. The predicted molar refractivity (Wildman–Crippen MR) is 111 cm³/mol. The van der Waals surface area contributed by atoms with E-state index >= 15 is 0 Å². The molecule has 1 amide bonds. The van der Waals surface area contributed by atoms with Gasteiger partial charge in [0.15, 0.2) is 0 Å². The molecule has 2 N–H and O–H groups in total. The highest BCUT2D eigenvalue weighted by Crippen LogP contribution is 2.44. The number of nitrogens with one attached hydrogen (secondary N) is 1. The fourth-order valence-electron chi connectivity index (χ4n) is 3.67. The van der Waals surface area contributed by atoms with Gasteiger partial charge in [-0.2, -0.15) is 0 Å². The number of hydrogen-bond donors (Lipinski definition) is 2. The molecule has 0 saturated carbocycles. The zero-order valence-electron chi connectivity index (χ0n) is 15.9. The normalized spacial score (nSPS) is 17.5. The lowest BCUT2D eigenvalue weighted by atomic mass is 9.84. The Labute approximate surface area is 177 Å². The van der Waals surface area contributed by atoms with Gasteiger partial charge in [0.25, 0.3) is 5.91 Å². The number of carboxylic acid groups (broad SMARTS) is 1. The molecular formula is C22H17ClN2O5. The number of hydrogen-bond acceptors (Lipinski definition) is 5. The summed E-state index contributed by atoms with van der Waals surface area (Å²) in [6.45, 7) is 1.77. The van der Waals surface area contributed by atoms with Gasteiger partial charge in [-0.25, -0.2) is 9.59 Å². The standard InChI is InChI=1S/C22H17ClN2O5/c1-2-30-22(29)18-14(12-7-9-13(23)10-8-12)11-17(21(27)28)25-16-6-4-3-5-15(16)24-20(26)19(18)25/h3-11,14H,2H2,1H3,(H,24,26)(H,27,28). The average molecular weight is 425 g/mol. The summed E-state index contributed by atoms with van der Waals surface area (Å²) in [5.41, 5.74) is 1.40. The SMILES string of the molecule is CCOC(=O)C1=C2C(=O)Nc3ccccc3N2C(C(=O)O)=CC1c1ccc(Cl)cc1. The second-order valence-corrected chi connectivity index (χ2v) is 7.11. The number of esters is 1. The number of carboxylic acids is 1. The zero-order valence-corrected chi connectivity index (χ0v) is 16.6. The van der Waals surface area contributed by atoms with Crippen molar-refractivity contribution in [3.8, 4) is 0 Å². The van der Waals surface area contributed by atoms with Crippen molar-refractivity contribution in [3.63, 3.8) is 0 Å². The molecular weight excluding hydrogens is 408 g/mol. The molecule has 0 bridgehead atoms. The van der Waals surface area contributed by atoms with E-state index in [1.807, 2.05) is 0 Å². The zero-order chi connectivity index (χ0) is 21.4. The molecule has 8 heteroatoms. The van der Waals surface area contributed by atoms with Gasteiger partial charge in [-0.05, 0) is 42.8 Å². The van der Waals surface area contributed by atoms with E-state index in [4.69, 9.17) is 16.3 Å². The fourth-order valence-corrected chi connectivity index (χ4v) is 3.79. The molecule has 1 unspecified atom stereocenters. The first-order valence-electron chi connectivity index (χ1n) is 9.24. The van der Waals surface area contributed by atoms with Gasteiger partial charge < -0.3 is 15.2 Å². The maximum absolute atomic E-state index is 13.0. The van der Waals surface area contributed by atoms with Gasteiger partial charge in [0.1, 0.15) is 11.4 Å². The highest BCUT2D eigenvalue weighted by Gasteiger charge is 2.43. The predicted octanol–water partition coefficient (Wildman–Crippen LogP) is 3.68. The van der Waals surface area contributed by atoms with Crippen molar-refractivity contribution in [2.24, 2.45) is 0 Å². The molecule has 7 nitrogen and oxygen atoms in total. The first-order valence-corrected chi connectivity index (χ1v) is 9.62. The third-order valence-corrected chi connectivity index (χ3v) is 5.16. The molecule has 2 aromatic carbocycles. The summed E-state index contributed by atoms with van der Waals surface area (Å²) >= 11 is 5.98. The highest BCUT2D eigenvalue weighted by molar-refractivity contribution is 6.30. The molecule has 4 rings (SSSR count). The molecule has 2 aliphatic rings.